The van der Waals surface area contributed by atoms with Gasteiger partial charge in [-0.1, -0.05) is 74.9 Å². The fourth-order valence-corrected chi connectivity index (χ4v) is 5.26. The predicted octanol–water partition coefficient (Wildman–Crippen LogP) is 6.85. The van der Waals surface area contributed by atoms with Gasteiger partial charge in [0.1, 0.15) is 11.5 Å². The van der Waals surface area contributed by atoms with Crippen molar-refractivity contribution < 1.29 is 19.4 Å². The first-order valence-corrected chi connectivity index (χ1v) is 12.9. The van der Waals surface area contributed by atoms with Crippen molar-refractivity contribution in [1.82, 2.24) is 4.90 Å². The van der Waals surface area contributed by atoms with Gasteiger partial charge in [-0.2, -0.15) is 0 Å². The topological polar surface area (TPSA) is 66.8 Å². The monoisotopic (exact) mass is 511 g/mol. The number of amides is 1. The normalized spacial score (nSPS) is 17.3. The Morgan fingerprint density at radius 3 is 2.16 bits per heavy atom. The van der Waals surface area contributed by atoms with E-state index in [1.807, 2.05) is 76.2 Å². The van der Waals surface area contributed by atoms with E-state index in [1.165, 1.54) is 7.11 Å². The lowest BCUT2D eigenvalue weighted by atomic mass is 9.85. The van der Waals surface area contributed by atoms with E-state index in [-0.39, 0.29) is 23.3 Å². The number of carbonyl (C=O) groups excluding carboxylic acids is 2. The number of aryl methyl sites for hydroxylation is 4. The quantitative estimate of drug-likeness (QED) is 0.231. The number of nitrogens with zero attached hydrogens (tertiary/aromatic N) is 1. The number of carbonyl (C=O) groups is 2. The van der Waals surface area contributed by atoms with Crippen molar-refractivity contribution in [2.75, 3.05) is 7.11 Å². The minimum Gasteiger partial charge on any atom is -0.507 e. The third kappa shape index (κ3) is 4.98. The molecule has 4 rings (SSSR count). The first-order valence-electron chi connectivity index (χ1n) is 12.9. The third-order valence-electron chi connectivity index (χ3n) is 7.36. The molecular weight excluding hydrogens is 474 g/mol. The number of aliphatic hydroxyl groups excluding tert-OH is 1. The molecule has 1 unspecified atom stereocenters. The molecule has 1 saturated heterocycles. The Hall–Kier alpha value is -3.86. The van der Waals surface area contributed by atoms with Gasteiger partial charge in [-0.25, -0.2) is 0 Å². The highest BCUT2D eigenvalue weighted by Crippen LogP contribution is 2.43. The van der Waals surface area contributed by atoms with Crippen LogP contribution in [0.5, 0.6) is 5.75 Å². The van der Waals surface area contributed by atoms with Gasteiger partial charge in [0, 0.05) is 6.54 Å². The Balaban J connectivity index is 1.94. The molecule has 5 nitrogen and oxygen atoms in total. The molecule has 38 heavy (non-hydrogen) atoms. The van der Waals surface area contributed by atoms with E-state index in [2.05, 4.69) is 20.8 Å². The molecular formula is C33H37NO4. The number of aliphatic hydroxyl groups is 1. The highest BCUT2D eigenvalue weighted by atomic mass is 16.5. The lowest BCUT2D eigenvalue weighted by Gasteiger charge is -2.27. The maximum absolute atomic E-state index is 13.6. The summed E-state index contributed by atoms with van der Waals surface area (Å²) in [5.74, 6) is -1.06. The van der Waals surface area contributed by atoms with Crippen LogP contribution in [-0.2, 0) is 21.5 Å². The van der Waals surface area contributed by atoms with Crippen molar-refractivity contribution in [1.29, 1.82) is 0 Å². The average molecular weight is 512 g/mol. The Labute approximate surface area is 225 Å². The second kappa shape index (κ2) is 10.1. The van der Waals surface area contributed by atoms with Gasteiger partial charge in [0.2, 0.25) is 0 Å². The molecule has 1 aliphatic rings. The van der Waals surface area contributed by atoms with E-state index in [9.17, 15) is 14.7 Å². The van der Waals surface area contributed by atoms with Crippen LogP contribution in [0.25, 0.3) is 5.76 Å². The number of rotatable bonds is 5. The number of likely N-dealkylation sites (tertiary alicyclic amines) is 1. The Morgan fingerprint density at radius 1 is 0.895 bits per heavy atom. The van der Waals surface area contributed by atoms with Gasteiger partial charge in [-0.15, -0.1) is 0 Å². The van der Waals surface area contributed by atoms with Crippen LogP contribution in [0.4, 0.5) is 0 Å². The molecule has 1 amide bonds. The van der Waals surface area contributed by atoms with Gasteiger partial charge in [0.25, 0.3) is 11.7 Å². The molecule has 1 fully saturated rings. The lowest BCUT2D eigenvalue weighted by molar-refractivity contribution is -0.140. The minimum absolute atomic E-state index is 0.0501. The van der Waals surface area contributed by atoms with Crippen molar-refractivity contribution in [3.63, 3.8) is 0 Å². The number of hydrogen-bond donors (Lipinski definition) is 1. The average Bonchev–Trinajstić information content (AvgIpc) is 3.10. The van der Waals surface area contributed by atoms with E-state index in [0.29, 0.717) is 11.3 Å². The Morgan fingerprint density at radius 2 is 1.55 bits per heavy atom. The smallest absolute Gasteiger partial charge is 0.295 e. The number of benzene rings is 3. The zero-order valence-electron chi connectivity index (χ0n) is 23.6. The molecule has 0 aliphatic carbocycles. The van der Waals surface area contributed by atoms with Gasteiger partial charge >= 0.3 is 0 Å². The molecule has 0 spiro atoms. The van der Waals surface area contributed by atoms with E-state index >= 15 is 0 Å². The molecule has 0 radical (unpaired) electrons. The van der Waals surface area contributed by atoms with Gasteiger partial charge in [0.05, 0.1) is 24.3 Å². The molecule has 3 aromatic carbocycles. The minimum atomic E-state index is -0.741. The molecule has 1 N–H and O–H groups in total. The fourth-order valence-electron chi connectivity index (χ4n) is 5.26. The summed E-state index contributed by atoms with van der Waals surface area (Å²) < 4.78 is 5.62. The highest BCUT2D eigenvalue weighted by molar-refractivity contribution is 6.46. The van der Waals surface area contributed by atoms with Crippen LogP contribution in [-0.4, -0.2) is 28.8 Å². The summed E-state index contributed by atoms with van der Waals surface area (Å²) in [6, 6.07) is 17.1. The zero-order chi connectivity index (χ0) is 27.9. The number of Topliss-reactive ketones (excluding diaryl/α,β-unsaturated/α-hetero) is 1. The molecule has 3 aromatic rings. The van der Waals surface area contributed by atoms with Crippen LogP contribution in [0, 0.1) is 27.7 Å². The fraction of sp³-hybridized carbons (Fsp3) is 0.333. The van der Waals surface area contributed by atoms with Crippen molar-refractivity contribution in [2.24, 2.45) is 0 Å². The van der Waals surface area contributed by atoms with E-state index in [0.717, 1.165) is 38.9 Å². The van der Waals surface area contributed by atoms with E-state index < -0.39 is 17.7 Å². The number of methoxy groups -OCH3 is 1. The van der Waals surface area contributed by atoms with Crippen LogP contribution >= 0.6 is 0 Å². The summed E-state index contributed by atoms with van der Waals surface area (Å²) in [7, 11) is 1.54. The molecule has 1 aliphatic heterocycles. The van der Waals surface area contributed by atoms with Crippen molar-refractivity contribution in [2.45, 2.75) is 66.5 Å². The number of hydrogen-bond acceptors (Lipinski definition) is 4. The molecule has 198 valence electrons. The number of ether oxygens (including phenoxy) is 1. The second-order valence-corrected chi connectivity index (χ2v) is 11.4. The van der Waals surface area contributed by atoms with Crippen molar-refractivity contribution in [3.8, 4) is 5.75 Å². The summed E-state index contributed by atoms with van der Waals surface area (Å²) in [6.07, 6.45) is 0. The molecule has 0 bridgehead atoms. The zero-order valence-corrected chi connectivity index (χ0v) is 23.6. The summed E-state index contributed by atoms with van der Waals surface area (Å²) >= 11 is 0. The Kier molecular flexibility index (Phi) is 7.24. The maximum atomic E-state index is 13.6. The first kappa shape index (κ1) is 27.2. The standard InChI is InChI=1S/C33H37NO4/c1-19-9-10-21(3)24(16-19)18-34-28(23-11-13-25(14-12-23)33(5,6)7)27(30(36)32(34)37)29(35)26-17-20(2)15-22(4)31(26)38-8/h9-17,28,35H,18H2,1-8H3/b29-27+. The summed E-state index contributed by atoms with van der Waals surface area (Å²) in [6.45, 7) is 14.5. The van der Waals surface area contributed by atoms with Gasteiger partial charge in [-0.3, -0.25) is 9.59 Å². The second-order valence-electron chi connectivity index (χ2n) is 11.4. The lowest BCUT2D eigenvalue weighted by Crippen LogP contribution is -2.29. The summed E-state index contributed by atoms with van der Waals surface area (Å²) in [5, 5.41) is 11.7. The van der Waals surface area contributed by atoms with Crippen LogP contribution in [0.15, 0.2) is 60.2 Å². The summed E-state index contributed by atoms with van der Waals surface area (Å²) in [4.78, 5) is 28.7. The van der Waals surface area contributed by atoms with Gasteiger partial charge in [-0.05, 0) is 72.6 Å². The van der Waals surface area contributed by atoms with Gasteiger partial charge < -0.3 is 14.7 Å². The van der Waals surface area contributed by atoms with Crippen molar-refractivity contribution in [3.05, 3.63) is 105 Å². The predicted molar refractivity (Wildman–Crippen MR) is 151 cm³/mol. The molecule has 0 aromatic heterocycles. The van der Waals surface area contributed by atoms with Crippen LogP contribution < -0.4 is 4.74 Å². The SMILES string of the molecule is COc1c(C)cc(C)cc1/C(O)=C1\C(=O)C(=O)N(Cc2cc(C)ccc2C)C1c1ccc(C(C)(C)C)cc1. The first-order chi connectivity index (χ1) is 17.8. The van der Waals surface area contributed by atoms with E-state index in [4.69, 9.17) is 4.74 Å². The third-order valence-corrected chi connectivity index (χ3v) is 7.36. The van der Waals surface area contributed by atoms with Crippen LogP contribution in [0.1, 0.15) is 71.3 Å². The molecule has 1 atom stereocenters. The van der Waals surface area contributed by atoms with Crippen LogP contribution in [0.3, 0.4) is 0 Å². The van der Waals surface area contributed by atoms with Gasteiger partial charge in [0.15, 0.2) is 0 Å². The molecule has 1 heterocycles. The summed E-state index contributed by atoms with van der Waals surface area (Å²) in [5.41, 5.74) is 7.18. The van der Waals surface area contributed by atoms with E-state index in [1.54, 1.807) is 11.0 Å². The maximum Gasteiger partial charge on any atom is 0.295 e. The Bertz CT molecular complexity index is 1440. The van der Waals surface area contributed by atoms with Crippen LogP contribution in [0.2, 0.25) is 0 Å². The number of ketones is 1. The largest absolute Gasteiger partial charge is 0.507 e. The van der Waals surface area contributed by atoms with Crippen molar-refractivity contribution >= 4 is 17.4 Å². The highest BCUT2D eigenvalue weighted by Gasteiger charge is 2.46. The molecule has 0 saturated carbocycles. The molecule has 5 heteroatoms.